The summed E-state index contributed by atoms with van der Waals surface area (Å²) in [5, 5.41) is 7.38. The number of benzene rings is 1. The lowest BCUT2D eigenvalue weighted by Crippen LogP contribution is -2.12. The molecule has 5 nitrogen and oxygen atoms in total. The molecule has 1 aliphatic carbocycles. The van der Waals surface area contributed by atoms with Crippen LogP contribution in [0.15, 0.2) is 48.8 Å². The third kappa shape index (κ3) is 3.64. The van der Waals surface area contributed by atoms with Gasteiger partial charge in [0, 0.05) is 37.0 Å². The third-order valence-electron chi connectivity index (χ3n) is 4.46. The molecule has 1 saturated carbocycles. The van der Waals surface area contributed by atoms with E-state index in [0.717, 1.165) is 35.2 Å². The zero-order chi connectivity index (χ0) is 18.1. The van der Waals surface area contributed by atoms with Crippen LogP contribution in [0.4, 0.5) is 10.2 Å². The predicted octanol–water partition coefficient (Wildman–Crippen LogP) is 4.03. The molecule has 4 rings (SSSR count). The molecule has 1 aliphatic rings. The van der Waals surface area contributed by atoms with Crippen molar-refractivity contribution >= 4 is 11.7 Å². The standard InChI is InChI=1S/C20H19FN4O/c1-25-12-17(20(24-25)14-4-6-16(21)7-5-14)15-8-9-22-18(11-15)23-19(26)10-13-2-3-13/h4-9,11-13H,2-3,10H2,1H3,(H,22,23,26). The Balaban J connectivity index is 1.64. The molecule has 132 valence electrons. The molecule has 1 aromatic carbocycles. The summed E-state index contributed by atoms with van der Waals surface area (Å²) in [5.74, 6) is 0.779. The Morgan fingerprint density at radius 1 is 1.23 bits per heavy atom. The Hall–Kier alpha value is -3.02. The van der Waals surface area contributed by atoms with Gasteiger partial charge in [-0.2, -0.15) is 5.10 Å². The molecule has 3 aromatic rings. The molecule has 2 heterocycles. The minimum absolute atomic E-state index is 0.00194. The van der Waals surface area contributed by atoms with Crippen molar-refractivity contribution in [1.29, 1.82) is 0 Å². The first kappa shape index (κ1) is 16.4. The number of nitrogens with zero attached hydrogens (tertiary/aromatic N) is 3. The van der Waals surface area contributed by atoms with Crippen LogP contribution in [0, 0.1) is 11.7 Å². The van der Waals surface area contributed by atoms with E-state index in [4.69, 9.17) is 0 Å². The first-order chi connectivity index (χ1) is 12.6. The van der Waals surface area contributed by atoms with Gasteiger partial charge in [-0.05, 0) is 60.7 Å². The lowest BCUT2D eigenvalue weighted by atomic mass is 10.0. The summed E-state index contributed by atoms with van der Waals surface area (Å²) >= 11 is 0. The van der Waals surface area contributed by atoms with E-state index in [9.17, 15) is 9.18 Å². The number of aryl methyl sites for hydroxylation is 1. The summed E-state index contributed by atoms with van der Waals surface area (Å²) in [5.41, 5.74) is 3.39. The van der Waals surface area contributed by atoms with Crippen LogP contribution in [-0.2, 0) is 11.8 Å². The predicted molar refractivity (Wildman–Crippen MR) is 97.8 cm³/mol. The van der Waals surface area contributed by atoms with Gasteiger partial charge in [0.1, 0.15) is 17.3 Å². The molecule has 0 atom stereocenters. The van der Waals surface area contributed by atoms with Crippen LogP contribution in [0.3, 0.4) is 0 Å². The van der Waals surface area contributed by atoms with Crippen LogP contribution in [-0.4, -0.2) is 20.7 Å². The van der Waals surface area contributed by atoms with Crippen molar-refractivity contribution in [2.45, 2.75) is 19.3 Å². The lowest BCUT2D eigenvalue weighted by Gasteiger charge is -2.07. The normalized spacial score (nSPS) is 13.6. The second-order valence-electron chi connectivity index (χ2n) is 6.70. The Kier molecular flexibility index (Phi) is 4.24. The van der Waals surface area contributed by atoms with Crippen LogP contribution < -0.4 is 5.32 Å². The number of hydrogen-bond acceptors (Lipinski definition) is 3. The maximum absolute atomic E-state index is 13.2. The monoisotopic (exact) mass is 350 g/mol. The van der Waals surface area contributed by atoms with E-state index in [-0.39, 0.29) is 11.7 Å². The highest BCUT2D eigenvalue weighted by Crippen LogP contribution is 2.33. The fraction of sp³-hybridized carbons (Fsp3) is 0.250. The Morgan fingerprint density at radius 2 is 2.00 bits per heavy atom. The van der Waals surface area contributed by atoms with E-state index in [2.05, 4.69) is 15.4 Å². The smallest absolute Gasteiger partial charge is 0.225 e. The summed E-state index contributed by atoms with van der Waals surface area (Å²) in [6.07, 6.45) is 6.40. The van der Waals surface area contributed by atoms with Gasteiger partial charge >= 0.3 is 0 Å². The maximum atomic E-state index is 13.2. The summed E-state index contributed by atoms with van der Waals surface area (Å²) in [7, 11) is 1.84. The van der Waals surface area contributed by atoms with E-state index < -0.39 is 0 Å². The van der Waals surface area contributed by atoms with E-state index in [1.807, 2.05) is 25.4 Å². The van der Waals surface area contributed by atoms with E-state index in [0.29, 0.717) is 18.2 Å². The highest BCUT2D eigenvalue weighted by Gasteiger charge is 2.24. The largest absolute Gasteiger partial charge is 0.311 e. The van der Waals surface area contributed by atoms with Gasteiger partial charge in [-0.25, -0.2) is 9.37 Å². The number of pyridine rings is 1. The highest BCUT2D eigenvalue weighted by molar-refractivity contribution is 5.91. The number of aromatic nitrogens is 3. The first-order valence-electron chi connectivity index (χ1n) is 8.64. The molecule has 0 spiro atoms. The van der Waals surface area contributed by atoms with Gasteiger partial charge in [0.2, 0.25) is 5.91 Å². The van der Waals surface area contributed by atoms with Crippen molar-refractivity contribution in [3.05, 3.63) is 54.6 Å². The first-order valence-corrected chi connectivity index (χ1v) is 8.64. The van der Waals surface area contributed by atoms with Crippen molar-refractivity contribution in [2.24, 2.45) is 13.0 Å². The number of amides is 1. The fourth-order valence-electron chi connectivity index (χ4n) is 2.97. The van der Waals surface area contributed by atoms with Crippen LogP contribution >= 0.6 is 0 Å². The van der Waals surface area contributed by atoms with Crippen molar-refractivity contribution < 1.29 is 9.18 Å². The molecule has 1 N–H and O–H groups in total. The van der Waals surface area contributed by atoms with Crippen molar-refractivity contribution in [3.8, 4) is 22.4 Å². The average Bonchev–Trinajstić information content (AvgIpc) is 3.34. The zero-order valence-electron chi connectivity index (χ0n) is 14.4. The van der Waals surface area contributed by atoms with Gasteiger partial charge in [-0.1, -0.05) is 0 Å². The minimum Gasteiger partial charge on any atom is -0.311 e. The maximum Gasteiger partial charge on any atom is 0.225 e. The van der Waals surface area contributed by atoms with Crippen LogP contribution in [0.2, 0.25) is 0 Å². The number of halogens is 1. The molecule has 1 fully saturated rings. The number of nitrogens with one attached hydrogen (secondary N) is 1. The van der Waals surface area contributed by atoms with E-state index >= 15 is 0 Å². The molecule has 26 heavy (non-hydrogen) atoms. The summed E-state index contributed by atoms with van der Waals surface area (Å²) in [6, 6.07) is 9.98. The number of carbonyl (C=O) groups excluding carboxylic acids is 1. The van der Waals surface area contributed by atoms with Crippen molar-refractivity contribution in [2.75, 3.05) is 5.32 Å². The SMILES string of the molecule is Cn1cc(-c2ccnc(NC(=O)CC3CC3)c2)c(-c2ccc(F)cc2)n1. The Morgan fingerprint density at radius 3 is 2.73 bits per heavy atom. The molecule has 2 aromatic heterocycles. The lowest BCUT2D eigenvalue weighted by molar-refractivity contribution is -0.116. The third-order valence-corrected chi connectivity index (χ3v) is 4.46. The summed E-state index contributed by atoms with van der Waals surface area (Å²) in [6.45, 7) is 0. The van der Waals surface area contributed by atoms with Gasteiger partial charge in [-0.15, -0.1) is 0 Å². The molecule has 0 bridgehead atoms. The molecular weight excluding hydrogens is 331 g/mol. The molecule has 1 amide bonds. The van der Waals surface area contributed by atoms with Gasteiger partial charge in [0.05, 0.1) is 0 Å². The Labute approximate surface area is 150 Å². The summed E-state index contributed by atoms with van der Waals surface area (Å²) in [4.78, 5) is 16.3. The molecule has 0 saturated heterocycles. The van der Waals surface area contributed by atoms with Crippen LogP contribution in [0.1, 0.15) is 19.3 Å². The molecule has 0 unspecified atom stereocenters. The number of carbonyl (C=O) groups is 1. The van der Waals surface area contributed by atoms with E-state index in [1.165, 1.54) is 12.1 Å². The fourth-order valence-corrected chi connectivity index (χ4v) is 2.97. The summed E-state index contributed by atoms with van der Waals surface area (Å²) < 4.78 is 14.9. The van der Waals surface area contributed by atoms with E-state index in [1.54, 1.807) is 23.0 Å². The van der Waals surface area contributed by atoms with Gasteiger partial charge in [-0.3, -0.25) is 9.48 Å². The topological polar surface area (TPSA) is 59.8 Å². The van der Waals surface area contributed by atoms with Gasteiger partial charge in [0.15, 0.2) is 0 Å². The zero-order valence-corrected chi connectivity index (χ0v) is 14.4. The molecule has 6 heteroatoms. The Bertz CT molecular complexity index is 945. The van der Waals surface area contributed by atoms with Crippen molar-refractivity contribution in [3.63, 3.8) is 0 Å². The average molecular weight is 350 g/mol. The highest BCUT2D eigenvalue weighted by atomic mass is 19.1. The number of anilines is 1. The second kappa shape index (κ2) is 6.71. The number of rotatable bonds is 5. The molecule has 0 aliphatic heterocycles. The van der Waals surface area contributed by atoms with Crippen molar-refractivity contribution in [1.82, 2.24) is 14.8 Å². The molecular formula is C20H19FN4O. The minimum atomic E-state index is -0.282. The molecule has 0 radical (unpaired) electrons. The van der Waals surface area contributed by atoms with Gasteiger partial charge in [0.25, 0.3) is 0 Å². The van der Waals surface area contributed by atoms with Gasteiger partial charge < -0.3 is 5.32 Å². The quantitative estimate of drug-likeness (QED) is 0.756. The number of hydrogen-bond donors (Lipinski definition) is 1. The van der Waals surface area contributed by atoms with Crippen LogP contribution in [0.25, 0.3) is 22.4 Å². The van der Waals surface area contributed by atoms with Crippen LogP contribution in [0.5, 0.6) is 0 Å². The second-order valence-corrected chi connectivity index (χ2v) is 6.70.